The van der Waals surface area contributed by atoms with Crippen molar-refractivity contribution in [3.8, 4) is 17.6 Å². The van der Waals surface area contributed by atoms with Gasteiger partial charge in [-0.3, -0.25) is 49.2 Å². The normalized spacial score (nSPS) is 19.3. The summed E-state index contributed by atoms with van der Waals surface area (Å²) in [5.74, 6) is 5.63. The SMILES string of the molecule is CCN1CCN(Cc2ccc(Br)cn2)CC1.CCN1CCN(Cc2ccc(C#C[C@]3(CN4Cc5ccc(OC)cc5C4=O)CC(=O)NC3=O)cn2)CC1.O=Cc1ccc(Br)cn1. The number of piperazine rings is 2. The van der Waals surface area contributed by atoms with E-state index in [4.69, 9.17) is 4.74 Å². The molecule has 7 heterocycles. The zero-order valence-electron chi connectivity index (χ0n) is 35.5. The van der Waals surface area contributed by atoms with Crippen LogP contribution in [0.15, 0.2) is 82.1 Å². The van der Waals surface area contributed by atoms with Gasteiger partial charge < -0.3 is 19.4 Å². The summed E-state index contributed by atoms with van der Waals surface area (Å²) >= 11 is 6.60. The Labute approximate surface area is 380 Å². The highest BCUT2D eigenvalue weighted by atomic mass is 79.9. The quantitative estimate of drug-likeness (QED) is 0.131. The predicted molar refractivity (Wildman–Crippen MR) is 243 cm³/mol. The van der Waals surface area contributed by atoms with Crippen molar-refractivity contribution in [3.05, 3.63) is 116 Å². The molecule has 0 aliphatic carbocycles. The number of aromatic nitrogens is 3. The van der Waals surface area contributed by atoms with Crippen molar-refractivity contribution in [2.24, 2.45) is 5.41 Å². The fourth-order valence-corrected chi connectivity index (χ4v) is 8.03. The number of hydrogen-bond acceptors (Lipinski definition) is 12. The Morgan fingerprint density at radius 3 is 1.82 bits per heavy atom. The number of carbonyl (C=O) groups excluding carboxylic acids is 4. The summed E-state index contributed by atoms with van der Waals surface area (Å²) in [5, 5.41) is 2.37. The molecule has 0 spiro atoms. The molecule has 0 bridgehead atoms. The fourth-order valence-electron chi connectivity index (χ4n) is 7.56. The minimum atomic E-state index is -1.31. The number of carbonyl (C=O) groups is 4. The Morgan fingerprint density at radius 1 is 0.758 bits per heavy atom. The molecule has 14 nitrogen and oxygen atoms in total. The number of imide groups is 1. The number of ether oxygens (including phenoxy) is 1. The van der Waals surface area contributed by atoms with Gasteiger partial charge in [-0.25, -0.2) is 0 Å². The highest BCUT2D eigenvalue weighted by molar-refractivity contribution is 9.10. The van der Waals surface area contributed by atoms with E-state index >= 15 is 0 Å². The zero-order valence-corrected chi connectivity index (χ0v) is 38.7. The summed E-state index contributed by atoms with van der Waals surface area (Å²) in [4.78, 5) is 72.3. The van der Waals surface area contributed by atoms with E-state index in [0.29, 0.717) is 35.4 Å². The van der Waals surface area contributed by atoms with Gasteiger partial charge in [-0.05, 0) is 99.0 Å². The lowest BCUT2D eigenvalue weighted by atomic mass is 9.85. The standard InChI is InChI=1S/C28H31N5O4.C12H18BrN3.C6H4BrNO/c1-3-31-10-12-32(13-11-31)18-22-6-4-20(16-29-22)8-9-28(15-25(34)30-27(28)36)19-33-17-21-5-7-23(37-2)14-24(21)26(33)35;1-2-15-5-7-16(8-6-15)10-12-4-3-11(13)9-14-12;7-5-1-2-6(4-9)8-3-5/h4-7,14,16H,3,10-13,15,17-19H2,1-2H3,(H,30,34,36);3-4,9H,2,5-8,10H2,1H3;1-4H/t28-;;/m1../s1. The van der Waals surface area contributed by atoms with Crippen LogP contribution in [0.25, 0.3) is 0 Å². The number of aldehydes is 1. The van der Waals surface area contributed by atoms with E-state index in [1.54, 1.807) is 48.7 Å². The first-order valence-electron chi connectivity index (χ1n) is 20.8. The summed E-state index contributed by atoms with van der Waals surface area (Å²) in [6.45, 7) is 17.7. The van der Waals surface area contributed by atoms with Gasteiger partial charge in [0.2, 0.25) is 11.8 Å². The Morgan fingerprint density at radius 2 is 1.34 bits per heavy atom. The number of halogens is 2. The van der Waals surface area contributed by atoms with Crippen LogP contribution in [0, 0.1) is 17.3 Å². The van der Waals surface area contributed by atoms with Crippen LogP contribution in [-0.2, 0) is 29.2 Å². The van der Waals surface area contributed by atoms with Crippen LogP contribution in [0.4, 0.5) is 0 Å². The molecular formula is C46H53Br2N9O5. The highest BCUT2D eigenvalue weighted by Crippen LogP contribution is 2.33. The van der Waals surface area contributed by atoms with Gasteiger partial charge in [-0.2, -0.15) is 0 Å². The number of benzene rings is 1. The number of nitrogens with one attached hydrogen (secondary N) is 1. The first-order chi connectivity index (χ1) is 30.0. The highest BCUT2D eigenvalue weighted by Gasteiger charge is 2.48. The molecule has 0 radical (unpaired) electrons. The van der Waals surface area contributed by atoms with Crippen LogP contribution in [0.1, 0.15) is 63.6 Å². The summed E-state index contributed by atoms with van der Waals surface area (Å²) in [7, 11) is 1.55. The Hall–Kier alpha value is -4.89. The van der Waals surface area contributed by atoms with Gasteiger partial charge in [0.25, 0.3) is 5.91 Å². The van der Waals surface area contributed by atoms with Gasteiger partial charge in [-0.15, -0.1) is 0 Å². The fraction of sp³-hybridized carbons (Fsp3) is 0.413. The van der Waals surface area contributed by atoms with Crippen LogP contribution >= 0.6 is 31.9 Å². The van der Waals surface area contributed by atoms with Gasteiger partial charge in [-0.1, -0.05) is 31.8 Å². The second kappa shape index (κ2) is 22.5. The summed E-state index contributed by atoms with van der Waals surface area (Å²) < 4.78 is 7.17. The number of nitrogens with zero attached hydrogens (tertiary/aromatic N) is 8. The van der Waals surface area contributed by atoms with E-state index < -0.39 is 11.3 Å². The van der Waals surface area contributed by atoms with Crippen molar-refractivity contribution in [1.82, 2.24) is 44.8 Å². The first-order valence-corrected chi connectivity index (χ1v) is 22.4. The van der Waals surface area contributed by atoms with Gasteiger partial charge in [0.15, 0.2) is 6.29 Å². The summed E-state index contributed by atoms with van der Waals surface area (Å²) in [6.07, 6.45) is 5.79. The van der Waals surface area contributed by atoms with Crippen LogP contribution in [-0.4, -0.2) is 143 Å². The molecule has 4 aliphatic rings. The number of pyridine rings is 3. The smallest absolute Gasteiger partial charge is 0.254 e. The van der Waals surface area contributed by atoms with Crippen LogP contribution in [0.5, 0.6) is 5.75 Å². The molecule has 0 unspecified atom stereocenters. The Bertz CT molecular complexity index is 2220. The Kier molecular flexibility index (Phi) is 16.9. The maximum atomic E-state index is 13.1. The number of likely N-dealkylation sites (N-methyl/N-ethyl adjacent to an activating group) is 2. The molecule has 4 aliphatic heterocycles. The minimum absolute atomic E-state index is 0.0304. The lowest BCUT2D eigenvalue weighted by Crippen LogP contribution is -2.45. The van der Waals surface area contributed by atoms with Gasteiger partial charge in [0, 0.05) is 117 Å². The van der Waals surface area contributed by atoms with Crippen molar-refractivity contribution in [1.29, 1.82) is 0 Å². The third-order valence-electron chi connectivity index (χ3n) is 11.3. The average molecular weight is 972 g/mol. The average Bonchev–Trinajstić information content (AvgIpc) is 3.76. The van der Waals surface area contributed by atoms with E-state index in [2.05, 4.69) is 110 Å². The number of rotatable bonds is 10. The summed E-state index contributed by atoms with van der Waals surface area (Å²) in [5.41, 5.74) is 3.34. The molecule has 62 heavy (non-hydrogen) atoms. The molecule has 3 aromatic heterocycles. The van der Waals surface area contributed by atoms with Crippen molar-refractivity contribution in [2.45, 2.75) is 39.9 Å². The van der Waals surface area contributed by atoms with Crippen LogP contribution < -0.4 is 10.1 Å². The van der Waals surface area contributed by atoms with E-state index in [0.717, 1.165) is 84.8 Å². The second-order valence-corrected chi connectivity index (χ2v) is 17.3. The van der Waals surface area contributed by atoms with Gasteiger partial charge in [0.05, 0.1) is 24.9 Å². The van der Waals surface area contributed by atoms with Crippen LogP contribution in [0.3, 0.4) is 0 Å². The third-order valence-corrected chi connectivity index (χ3v) is 12.3. The molecule has 326 valence electrons. The molecule has 3 amide bonds. The molecule has 3 fully saturated rings. The predicted octanol–water partition coefficient (Wildman–Crippen LogP) is 4.91. The lowest BCUT2D eigenvalue weighted by Gasteiger charge is -2.33. The topological polar surface area (TPSA) is 144 Å². The van der Waals surface area contributed by atoms with E-state index in [1.165, 1.54) is 19.6 Å². The largest absolute Gasteiger partial charge is 0.497 e. The molecule has 8 rings (SSSR count). The minimum Gasteiger partial charge on any atom is -0.497 e. The maximum absolute atomic E-state index is 13.1. The van der Waals surface area contributed by atoms with Crippen molar-refractivity contribution in [2.75, 3.05) is 79.1 Å². The number of amides is 3. The van der Waals surface area contributed by atoms with Crippen molar-refractivity contribution >= 4 is 55.9 Å². The molecule has 1 aromatic carbocycles. The maximum Gasteiger partial charge on any atom is 0.254 e. The molecule has 1 atom stereocenters. The van der Waals surface area contributed by atoms with Gasteiger partial charge in [0.1, 0.15) is 16.9 Å². The zero-order chi connectivity index (χ0) is 44.1. The molecule has 4 aromatic rings. The van der Waals surface area contributed by atoms with E-state index in [-0.39, 0.29) is 24.8 Å². The lowest BCUT2D eigenvalue weighted by molar-refractivity contribution is -0.127. The first kappa shape index (κ1) is 46.6. The third kappa shape index (κ3) is 12.8. The Balaban J connectivity index is 0.000000209. The second-order valence-electron chi connectivity index (χ2n) is 15.5. The molecule has 1 N–H and O–H groups in total. The number of fused-ring (bicyclic) bond motifs is 1. The van der Waals surface area contributed by atoms with E-state index in [9.17, 15) is 19.2 Å². The molecule has 0 saturated carbocycles. The monoisotopic (exact) mass is 969 g/mol. The molecule has 3 saturated heterocycles. The number of hydrogen-bond donors (Lipinski definition) is 1. The summed E-state index contributed by atoms with van der Waals surface area (Å²) in [6, 6.07) is 16.8. The van der Waals surface area contributed by atoms with E-state index in [1.807, 2.05) is 24.4 Å². The van der Waals surface area contributed by atoms with Crippen molar-refractivity contribution < 1.29 is 23.9 Å². The van der Waals surface area contributed by atoms with Crippen LogP contribution in [0.2, 0.25) is 0 Å². The number of methoxy groups -OCH3 is 1. The molecular weight excluding hydrogens is 918 g/mol. The van der Waals surface area contributed by atoms with Gasteiger partial charge >= 0.3 is 0 Å². The molecule has 16 heteroatoms. The van der Waals surface area contributed by atoms with Crippen molar-refractivity contribution in [3.63, 3.8) is 0 Å².